The van der Waals surface area contributed by atoms with Crippen molar-refractivity contribution < 1.29 is 19.0 Å². The Morgan fingerprint density at radius 2 is 1.83 bits per heavy atom. The van der Waals surface area contributed by atoms with Gasteiger partial charge in [0.15, 0.2) is 0 Å². The number of ether oxygens (including phenoxy) is 3. The quantitative estimate of drug-likeness (QED) is 0.808. The van der Waals surface area contributed by atoms with Crippen LogP contribution in [0.4, 0.5) is 0 Å². The molecule has 23 heavy (non-hydrogen) atoms. The highest BCUT2D eigenvalue weighted by Crippen LogP contribution is 2.22. The van der Waals surface area contributed by atoms with E-state index in [4.69, 9.17) is 14.2 Å². The number of nitrogens with zero attached hydrogens (tertiary/aromatic N) is 3. The van der Waals surface area contributed by atoms with Crippen LogP contribution in [-0.2, 0) is 6.54 Å². The van der Waals surface area contributed by atoms with Crippen molar-refractivity contribution in [3.8, 4) is 17.6 Å². The zero-order valence-electron chi connectivity index (χ0n) is 13.6. The minimum Gasteiger partial charge on any atom is -0.481 e. The summed E-state index contributed by atoms with van der Waals surface area (Å²) in [6.07, 6.45) is 1.64. The maximum absolute atomic E-state index is 12.6. The molecule has 122 valence electrons. The number of aromatic nitrogens is 2. The number of amides is 1. The number of hydrogen-bond acceptors (Lipinski definition) is 6. The first-order valence-corrected chi connectivity index (χ1v) is 6.93. The molecule has 2 rings (SSSR count). The highest BCUT2D eigenvalue weighted by atomic mass is 16.5. The Hall–Kier alpha value is -2.83. The van der Waals surface area contributed by atoms with Crippen LogP contribution in [0, 0.1) is 0 Å². The van der Waals surface area contributed by atoms with Crippen molar-refractivity contribution in [2.24, 2.45) is 0 Å². The predicted molar refractivity (Wildman–Crippen MR) is 83.9 cm³/mol. The van der Waals surface area contributed by atoms with Crippen LogP contribution >= 0.6 is 0 Å². The minimum atomic E-state index is -0.220. The molecule has 0 atom stereocenters. The van der Waals surface area contributed by atoms with Gasteiger partial charge in [0.1, 0.15) is 5.56 Å². The lowest BCUT2D eigenvalue weighted by molar-refractivity contribution is 0.0779. The molecule has 0 aliphatic carbocycles. The first kappa shape index (κ1) is 16.5. The number of pyridine rings is 2. The van der Waals surface area contributed by atoms with Crippen LogP contribution in [0.1, 0.15) is 15.9 Å². The molecule has 0 N–H and O–H groups in total. The van der Waals surface area contributed by atoms with Crippen molar-refractivity contribution >= 4 is 5.91 Å². The van der Waals surface area contributed by atoms with Gasteiger partial charge in [-0.05, 0) is 12.1 Å². The van der Waals surface area contributed by atoms with Crippen LogP contribution in [0.15, 0.2) is 30.5 Å². The molecular weight excluding hydrogens is 298 g/mol. The average molecular weight is 317 g/mol. The summed E-state index contributed by atoms with van der Waals surface area (Å²) in [5, 5.41) is 0. The highest BCUT2D eigenvalue weighted by Gasteiger charge is 2.20. The maximum atomic E-state index is 12.6. The summed E-state index contributed by atoms with van der Waals surface area (Å²) >= 11 is 0. The molecule has 0 bridgehead atoms. The van der Waals surface area contributed by atoms with Gasteiger partial charge in [0, 0.05) is 24.9 Å². The molecule has 2 heterocycles. The van der Waals surface area contributed by atoms with Gasteiger partial charge in [-0.25, -0.2) is 4.98 Å². The second kappa shape index (κ2) is 7.44. The van der Waals surface area contributed by atoms with Crippen molar-refractivity contribution in [2.45, 2.75) is 6.54 Å². The van der Waals surface area contributed by atoms with E-state index in [2.05, 4.69) is 9.97 Å². The van der Waals surface area contributed by atoms with Gasteiger partial charge < -0.3 is 19.1 Å². The summed E-state index contributed by atoms with van der Waals surface area (Å²) in [6, 6.07) is 6.91. The van der Waals surface area contributed by atoms with E-state index in [0.29, 0.717) is 23.9 Å². The molecule has 0 unspecified atom stereocenters. The smallest absolute Gasteiger partial charge is 0.259 e. The van der Waals surface area contributed by atoms with Crippen molar-refractivity contribution in [1.29, 1.82) is 0 Å². The molecule has 2 aromatic rings. The Bertz CT molecular complexity index is 691. The van der Waals surface area contributed by atoms with Gasteiger partial charge in [-0.1, -0.05) is 6.07 Å². The molecule has 2 aromatic heterocycles. The predicted octanol–water partition coefficient (Wildman–Crippen LogP) is 1.77. The molecule has 0 saturated carbocycles. The SMILES string of the molecule is COc1ccc(C(=O)N(C)Cc2cccnc2OC)c(OC)n1. The maximum Gasteiger partial charge on any atom is 0.259 e. The van der Waals surface area contributed by atoms with E-state index in [1.807, 2.05) is 6.07 Å². The molecule has 0 fully saturated rings. The first-order chi connectivity index (χ1) is 11.1. The van der Waals surface area contributed by atoms with Gasteiger partial charge >= 0.3 is 0 Å². The van der Waals surface area contributed by atoms with Gasteiger partial charge in [0.2, 0.25) is 17.6 Å². The van der Waals surface area contributed by atoms with Gasteiger partial charge in [0.25, 0.3) is 5.91 Å². The number of carbonyl (C=O) groups is 1. The number of methoxy groups -OCH3 is 3. The summed E-state index contributed by atoms with van der Waals surface area (Å²) in [4.78, 5) is 22.4. The van der Waals surface area contributed by atoms with E-state index in [-0.39, 0.29) is 11.8 Å². The first-order valence-electron chi connectivity index (χ1n) is 6.93. The Morgan fingerprint density at radius 1 is 1.09 bits per heavy atom. The lowest BCUT2D eigenvalue weighted by Crippen LogP contribution is -2.27. The summed E-state index contributed by atoms with van der Waals surface area (Å²) in [5.74, 6) is 0.879. The molecule has 1 amide bonds. The largest absolute Gasteiger partial charge is 0.481 e. The third-order valence-corrected chi connectivity index (χ3v) is 3.27. The molecule has 0 aliphatic heterocycles. The van der Waals surface area contributed by atoms with Crippen molar-refractivity contribution in [3.63, 3.8) is 0 Å². The number of carbonyl (C=O) groups excluding carboxylic acids is 1. The third kappa shape index (κ3) is 3.68. The van der Waals surface area contributed by atoms with Crippen LogP contribution in [0.25, 0.3) is 0 Å². The van der Waals surface area contributed by atoms with E-state index in [0.717, 1.165) is 5.56 Å². The lowest BCUT2D eigenvalue weighted by Gasteiger charge is -2.19. The van der Waals surface area contributed by atoms with E-state index in [9.17, 15) is 4.79 Å². The average Bonchev–Trinajstić information content (AvgIpc) is 2.60. The van der Waals surface area contributed by atoms with E-state index < -0.39 is 0 Å². The minimum absolute atomic E-state index is 0.220. The summed E-state index contributed by atoms with van der Waals surface area (Å²) in [6.45, 7) is 0.352. The van der Waals surface area contributed by atoms with Crippen LogP contribution in [-0.4, -0.2) is 49.2 Å². The van der Waals surface area contributed by atoms with Crippen LogP contribution < -0.4 is 14.2 Å². The van der Waals surface area contributed by atoms with Gasteiger partial charge in [-0.2, -0.15) is 4.98 Å². The van der Waals surface area contributed by atoms with Gasteiger partial charge in [-0.15, -0.1) is 0 Å². The van der Waals surface area contributed by atoms with Gasteiger partial charge in [0.05, 0.1) is 27.9 Å². The summed E-state index contributed by atoms with van der Waals surface area (Å²) < 4.78 is 15.4. The zero-order valence-corrected chi connectivity index (χ0v) is 13.6. The Kier molecular flexibility index (Phi) is 5.35. The monoisotopic (exact) mass is 317 g/mol. The zero-order chi connectivity index (χ0) is 16.8. The normalized spacial score (nSPS) is 10.1. The molecule has 0 radical (unpaired) electrons. The topological polar surface area (TPSA) is 73.8 Å². The second-order valence-electron chi connectivity index (χ2n) is 4.74. The van der Waals surface area contributed by atoms with Crippen LogP contribution in [0.5, 0.6) is 17.6 Å². The Balaban J connectivity index is 2.23. The molecule has 7 heteroatoms. The standard InChI is InChI=1S/C16H19N3O4/c1-19(10-11-6-5-9-17-14(11)22-3)16(20)12-7-8-13(21-2)18-15(12)23-4/h5-9H,10H2,1-4H3. The fraction of sp³-hybridized carbons (Fsp3) is 0.312. The van der Waals surface area contributed by atoms with Crippen LogP contribution in [0.2, 0.25) is 0 Å². The highest BCUT2D eigenvalue weighted by molar-refractivity contribution is 5.96. The van der Waals surface area contributed by atoms with Crippen molar-refractivity contribution in [1.82, 2.24) is 14.9 Å². The van der Waals surface area contributed by atoms with E-state index >= 15 is 0 Å². The van der Waals surface area contributed by atoms with E-state index in [1.165, 1.54) is 14.2 Å². The summed E-state index contributed by atoms with van der Waals surface area (Å²) in [5.41, 5.74) is 1.17. The van der Waals surface area contributed by atoms with Gasteiger partial charge in [-0.3, -0.25) is 4.79 Å². The third-order valence-electron chi connectivity index (χ3n) is 3.27. The van der Waals surface area contributed by atoms with Crippen molar-refractivity contribution in [2.75, 3.05) is 28.4 Å². The molecule has 7 nitrogen and oxygen atoms in total. The number of hydrogen-bond donors (Lipinski definition) is 0. The summed E-state index contributed by atoms with van der Waals surface area (Å²) in [7, 11) is 6.20. The van der Waals surface area contributed by atoms with E-state index in [1.54, 1.807) is 43.5 Å². The van der Waals surface area contributed by atoms with Crippen molar-refractivity contribution in [3.05, 3.63) is 41.6 Å². The molecular formula is C16H19N3O4. The fourth-order valence-corrected chi connectivity index (χ4v) is 2.12. The molecule has 0 saturated heterocycles. The molecule has 0 spiro atoms. The molecule has 0 aliphatic rings. The Labute approximate surface area is 134 Å². The number of rotatable bonds is 6. The molecule has 0 aromatic carbocycles. The fourth-order valence-electron chi connectivity index (χ4n) is 2.12. The second-order valence-corrected chi connectivity index (χ2v) is 4.74. The lowest BCUT2D eigenvalue weighted by atomic mass is 10.2. The van der Waals surface area contributed by atoms with Crippen LogP contribution in [0.3, 0.4) is 0 Å². The Morgan fingerprint density at radius 3 is 2.48 bits per heavy atom.